The van der Waals surface area contributed by atoms with Gasteiger partial charge in [-0.05, 0) is 140 Å². The Labute approximate surface area is 547 Å². The van der Waals surface area contributed by atoms with Crippen molar-refractivity contribution < 1.29 is 98.2 Å². The van der Waals surface area contributed by atoms with Gasteiger partial charge >= 0.3 is 12.1 Å². The van der Waals surface area contributed by atoms with Crippen molar-refractivity contribution in [1.82, 2.24) is 42.5 Å². The van der Waals surface area contributed by atoms with E-state index in [4.69, 9.17) is 42.1 Å². The Kier molecular flexibility index (Phi) is 17.7. The van der Waals surface area contributed by atoms with Crippen LogP contribution in [0.3, 0.4) is 0 Å². The topological polar surface area (TPSA) is 432 Å². The van der Waals surface area contributed by atoms with Crippen molar-refractivity contribution in [1.29, 1.82) is 0 Å². The number of ether oxygens (including phenoxy) is 4. The summed E-state index contributed by atoms with van der Waals surface area (Å²) < 4.78 is 24.1. The molecule has 95 heavy (non-hydrogen) atoms. The molecule has 0 aliphatic carbocycles. The number of carboxylic acid groups (broad SMARTS) is 1. The van der Waals surface area contributed by atoms with Crippen molar-refractivity contribution in [2.45, 2.75) is 87.7 Å². The number of phenolic OH excluding ortho intramolecular Hbond substituents is 6. The number of halogens is 2. The molecule has 0 fully saturated rings. The Morgan fingerprint density at radius 3 is 1.80 bits per heavy atom. The van der Waals surface area contributed by atoms with E-state index in [9.17, 15) is 60.0 Å². The Hall–Kier alpha value is -11.2. The van der Waals surface area contributed by atoms with E-state index in [2.05, 4.69) is 42.5 Å². The third-order valence-electron chi connectivity index (χ3n) is 15.7. The van der Waals surface area contributed by atoms with Crippen molar-refractivity contribution in [3.8, 4) is 80.1 Å². The van der Waals surface area contributed by atoms with Crippen LogP contribution in [-0.2, 0) is 51.3 Å². The van der Waals surface area contributed by atoms with Crippen molar-refractivity contribution in [2.24, 2.45) is 0 Å². The fraction of sp³-hybridized carbons (Fsp3) is 0.231. The summed E-state index contributed by atoms with van der Waals surface area (Å²) in [6.07, 6.45) is -3.68. The summed E-state index contributed by atoms with van der Waals surface area (Å²) in [5.41, 5.74) is -3.67. The van der Waals surface area contributed by atoms with Crippen LogP contribution >= 0.6 is 23.2 Å². The van der Waals surface area contributed by atoms with E-state index in [-0.39, 0.29) is 78.5 Å². The van der Waals surface area contributed by atoms with E-state index < -0.39 is 171 Å². The molecule has 6 aliphatic heterocycles. The second-order valence-electron chi connectivity index (χ2n) is 23.5. The molecule has 6 aliphatic rings. The molecule has 16 N–H and O–H groups in total. The van der Waals surface area contributed by atoms with Gasteiger partial charge in [0.2, 0.25) is 41.2 Å². The molecular formula is C65H58Cl2N8O20. The van der Waals surface area contributed by atoms with Crippen LogP contribution in [0.25, 0.3) is 11.1 Å². The molecular weight excluding hydrogens is 1280 g/mol. The lowest BCUT2D eigenvalue weighted by atomic mass is 9.88. The molecule has 0 saturated carbocycles. The third kappa shape index (κ3) is 13.4. The van der Waals surface area contributed by atoms with Crippen LogP contribution in [0.15, 0.2) is 109 Å². The zero-order valence-electron chi connectivity index (χ0n) is 50.2. The van der Waals surface area contributed by atoms with Crippen molar-refractivity contribution >= 4 is 70.7 Å². The minimum absolute atomic E-state index is 0.0105. The van der Waals surface area contributed by atoms with Gasteiger partial charge in [-0.3, -0.25) is 28.8 Å². The maximum atomic E-state index is 15.9. The highest BCUT2D eigenvalue weighted by Crippen LogP contribution is 2.49. The number of hydrogen-bond donors (Lipinski definition) is 16. The molecule has 6 heterocycles. The van der Waals surface area contributed by atoms with Crippen LogP contribution in [0.5, 0.6) is 69.0 Å². The molecule has 0 radical (unpaired) electrons. The van der Waals surface area contributed by atoms with Gasteiger partial charge in [0.1, 0.15) is 88.2 Å². The predicted octanol–water partition coefficient (Wildman–Crippen LogP) is 6.27. The first-order valence-corrected chi connectivity index (χ1v) is 29.7. The van der Waals surface area contributed by atoms with Crippen LogP contribution < -0.4 is 56.7 Å². The van der Waals surface area contributed by atoms with Gasteiger partial charge in [-0.25, -0.2) is 9.59 Å². The number of amides is 7. The monoisotopic (exact) mass is 1340 g/mol. The van der Waals surface area contributed by atoms with E-state index >= 15 is 19.2 Å². The second kappa shape index (κ2) is 25.7. The van der Waals surface area contributed by atoms with Crippen LogP contribution in [0.1, 0.15) is 102 Å². The highest BCUT2D eigenvalue weighted by Gasteiger charge is 2.42. The lowest BCUT2D eigenvalue weighted by Crippen LogP contribution is -2.55. The van der Waals surface area contributed by atoms with Crippen molar-refractivity contribution in [3.05, 3.63) is 164 Å². The molecule has 30 heteroatoms. The fourth-order valence-electron chi connectivity index (χ4n) is 11.2. The van der Waals surface area contributed by atoms with Crippen LogP contribution in [0, 0.1) is 0 Å². The number of rotatable bonds is 4. The van der Waals surface area contributed by atoms with Crippen LogP contribution in [0.4, 0.5) is 4.79 Å². The number of aromatic hydroxyl groups is 6. The van der Waals surface area contributed by atoms with Crippen molar-refractivity contribution in [3.63, 3.8) is 0 Å². The van der Waals surface area contributed by atoms with Crippen molar-refractivity contribution in [2.75, 3.05) is 7.05 Å². The SMILES string of the molecule is CNCc1c(O)cc2c(c1O)-c1cc(ccc1O)[C@H]1NC(=O)[C@@H]3NC(=O)[C@H]4NC(=O)[C@@H](Cc5ccc(c(Cl)c5)Oc5cc3cc(c5O)Oc3ccc(cc3Cl)[C@@H](O)[C@H](NC1=O)C(=O)N[C@@H]2C(=O)O)NC(=O)[C@H](NC(=O)OC(C)(C)C)c1ccc(O)c(c1)Oc1cc(O)cc4c1. The third-order valence-corrected chi connectivity index (χ3v) is 16.3. The van der Waals surface area contributed by atoms with Crippen LogP contribution in [-0.4, -0.2) is 113 Å². The predicted molar refractivity (Wildman–Crippen MR) is 333 cm³/mol. The molecule has 0 saturated heterocycles. The summed E-state index contributed by atoms with van der Waals surface area (Å²) in [6, 6.07) is 6.41. The number of phenols is 6. The van der Waals surface area contributed by atoms with E-state index in [0.29, 0.717) is 0 Å². The number of carbonyl (C=O) groups is 8. The number of fused-ring (bicyclic) bond motifs is 14. The first-order valence-electron chi connectivity index (χ1n) is 29.0. The number of aliphatic carboxylic acids is 1. The zero-order valence-corrected chi connectivity index (χ0v) is 51.7. The molecule has 7 aromatic rings. The van der Waals surface area contributed by atoms with Gasteiger partial charge in [0.15, 0.2) is 29.0 Å². The van der Waals surface area contributed by atoms with Gasteiger partial charge < -0.3 is 102 Å². The molecule has 492 valence electrons. The smallest absolute Gasteiger partial charge is 0.408 e. The fourth-order valence-corrected chi connectivity index (χ4v) is 11.7. The first-order chi connectivity index (χ1) is 45.0. The number of aliphatic hydroxyl groups excluding tert-OH is 1. The number of carboxylic acids is 1. The molecule has 0 spiro atoms. The molecule has 7 amide bonds. The summed E-state index contributed by atoms with van der Waals surface area (Å²) >= 11 is 13.8. The lowest BCUT2D eigenvalue weighted by Gasteiger charge is -2.31. The van der Waals surface area contributed by atoms with Gasteiger partial charge in [-0.15, -0.1) is 0 Å². The van der Waals surface area contributed by atoms with E-state index in [1.807, 2.05) is 0 Å². The van der Waals surface area contributed by atoms with Gasteiger partial charge in [-0.1, -0.05) is 47.5 Å². The molecule has 8 atom stereocenters. The molecule has 13 rings (SSSR count). The van der Waals surface area contributed by atoms with Gasteiger partial charge in [0.25, 0.3) is 0 Å². The Morgan fingerprint density at radius 1 is 0.568 bits per heavy atom. The molecule has 0 aromatic heterocycles. The number of benzene rings is 7. The number of nitrogens with one attached hydrogen (secondary N) is 8. The Balaban J connectivity index is 1.13. The standard InChI is InChI=1S/C65H58Cl2N8O20/c1-65(2,3)95-64(91)75-49-27-7-10-40(78)44(19-27)92-32-16-29(15-31(76)22-32)50-60(86)72-51-30-20-45(93-42-11-5-25(13-36(42)66)14-38(57(83)70-50)69-58(49)84)56(82)46(21-30)94-43-12-8-28(18-37(43)67)54(80)53-62(88)73-52(63(89)90)34-23-41(79)35(24-68-4)55(81)47(34)33-17-26(6-9-39(33)77)48(59(85)74-53)71-61(51)87/h5-13,15-23,38,48-54,68,76-82H,14,24H2,1-4H3,(H,69,84)(H,70,83)(H,71,87)(H,72,86)(H,73,88)(H,74,85)(H,75,91)(H,89,90)/t38-,48-,49-,50+,51-,52+,53+,54-/m1/s1. The highest BCUT2D eigenvalue weighted by atomic mass is 35.5. The summed E-state index contributed by atoms with van der Waals surface area (Å²) in [7, 11) is 1.46. The van der Waals surface area contributed by atoms with E-state index in [1.54, 1.807) is 20.8 Å². The van der Waals surface area contributed by atoms with E-state index in [1.165, 1.54) is 55.6 Å². The van der Waals surface area contributed by atoms with Gasteiger partial charge in [0.05, 0.1) is 15.6 Å². The average Bonchev–Trinajstić information content (AvgIpc) is 0.762. The molecule has 0 unspecified atom stereocenters. The maximum Gasteiger partial charge on any atom is 0.408 e. The van der Waals surface area contributed by atoms with Gasteiger partial charge in [0, 0.05) is 35.7 Å². The molecule has 28 nitrogen and oxygen atoms in total. The summed E-state index contributed by atoms with van der Waals surface area (Å²) in [4.78, 5) is 119. The normalized spacial score (nSPS) is 21.0. The second-order valence-corrected chi connectivity index (χ2v) is 24.3. The zero-order chi connectivity index (χ0) is 68.2. The average molecular weight is 1340 g/mol. The summed E-state index contributed by atoms with van der Waals surface area (Å²) in [5.74, 6) is -15.6. The Bertz CT molecular complexity index is 4390. The minimum atomic E-state index is -2.23. The largest absolute Gasteiger partial charge is 0.508 e. The quantitative estimate of drug-likeness (QED) is 0.0923. The van der Waals surface area contributed by atoms with E-state index in [0.717, 1.165) is 60.7 Å². The minimum Gasteiger partial charge on any atom is -0.508 e. The van der Waals surface area contributed by atoms with Gasteiger partial charge in [-0.2, -0.15) is 0 Å². The number of hydrogen-bond acceptors (Lipinski definition) is 20. The lowest BCUT2D eigenvalue weighted by molar-refractivity contribution is -0.143. The van der Waals surface area contributed by atoms with Crippen LogP contribution in [0.2, 0.25) is 10.0 Å². The number of aliphatic hydroxyl groups is 1. The molecule has 7 aromatic carbocycles. The Morgan fingerprint density at radius 2 is 1.16 bits per heavy atom. The molecule has 17 bridgehead atoms. The summed E-state index contributed by atoms with van der Waals surface area (Å²) in [6.45, 7) is 4.46. The summed E-state index contributed by atoms with van der Waals surface area (Å²) in [5, 5.41) is 113. The first kappa shape index (κ1) is 65.3. The number of carbonyl (C=O) groups excluding carboxylic acids is 7. The number of alkyl carbamates (subject to hydrolysis) is 1. The highest BCUT2D eigenvalue weighted by molar-refractivity contribution is 6.32. The maximum absolute atomic E-state index is 15.9.